The second-order valence-electron chi connectivity index (χ2n) is 6.08. The lowest BCUT2D eigenvalue weighted by Gasteiger charge is -2.45. The van der Waals surface area contributed by atoms with Crippen molar-refractivity contribution >= 4 is 0 Å². The van der Waals surface area contributed by atoms with Crippen LogP contribution in [-0.2, 0) is 12.4 Å². The largest absolute Gasteiger partial charge is 0.416 e. The Morgan fingerprint density at radius 2 is 1.32 bits per heavy atom. The lowest BCUT2D eigenvalue weighted by atomic mass is 9.75. The monoisotopic (exact) mass is 323 g/mol. The quantitative estimate of drug-likeness (QED) is 0.686. The highest BCUT2D eigenvalue weighted by molar-refractivity contribution is 5.36. The normalized spacial score (nSPS) is 28.9. The molecule has 22 heavy (non-hydrogen) atoms. The van der Waals surface area contributed by atoms with E-state index in [4.69, 9.17) is 0 Å². The molecule has 1 atom stereocenters. The summed E-state index contributed by atoms with van der Waals surface area (Å²) in [6, 6.07) is 1.98. The molecule has 3 fully saturated rings. The predicted octanol–water partition coefficient (Wildman–Crippen LogP) is 4.53. The van der Waals surface area contributed by atoms with Crippen LogP contribution < -0.4 is 0 Å². The fourth-order valence-corrected chi connectivity index (χ4v) is 3.54. The molecular weight excluding hydrogens is 308 g/mol. The van der Waals surface area contributed by atoms with Gasteiger partial charge in [-0.2, -0.15) is 26.3 Å². The first-order valence-electron chi connectivity index (χ1n) is 7.16. The van der Waals surface area contributed by atoms with Crippen LogP contribution in [0.2, 0.25) is 0 Å². The first kappa shape index (κ1) is 15.6. The average Bonchev–Trinajstić information content (AvgIpc) is 2.46. The molecule has 0 amide bonds. The van der Waals surface area contributed by atoms with Crippen molar-refractivity contribution in [2.45, 2.75) is 31.1 Å². The van der Waals surface area contributed by atoms with E-state index in [9.17, 15) is 26.3 Å². The summed E-state index contributed by atoms with van der Waals surface area (Å²) in [6.45, 7) is 2.31. The molecule has 0 saturated carbocycles. The maximum atomic E-state index is 12.9. The van der Waals surface area contributed by atoms with Crippen LogP contribution in [0.4, 0.5) is 26.3 Å². The summed E-state index contributed by atoms with van der Waals surface area (Å²) in [4.78, 5) is 2.11. The summed E-state index contributed by atoms with van der Waals surface area (Å²) < 4.78 is 77.5. The van der Waals surface area contributed by atoms with Crippen LogP contribution in [0.25, 0.3) is 0 Å². The van der Waals surface area contributed by atoms with Gasteiger partial charge in [-0.05, 0) is 61.5 Å². The Morgan fingerprint density at radius 3 is 1.68 bits per heavy atom. The minimum atomic E-state index is -4.77. The molecular formula is C15H15F6N. The van der Waals surface area contributed by atoms with Gasteiger partial charge in [0.05, 0.1) is 11.1 Å². The third-order valence-corrected chi connectivity index (χ3v) is 4.69. The number of fused-ring (bicyclic) bond motifs is 3. The zero-order valence-electron chi connectivity index (χ0n) is 11.6. The number of halogens is 6. The van der Waals surface area contributed by atoms with Crippen molar-refractivity contribution in [1.29, 1.82) is 0 Å². The number of piperidine rings is 3. The lowest BCUT2D eigenvalue weighted by Crippen LogP contribution is -2.46. The Labute approximate surface area is 123 Å². The highest BCUT2D eigenvalue weighted by atomic mass is 19.4. The Balaban J connectivity index is 2.03. The molecule has 122 valence electrons. The number of benzene rings is 1. The van der Waals surface area contributed by atoms with E-state index in [0.717, 1.165) is 38.1 Å². The number of hydrogen-bond donors (Lipinski definition) is 0. The van der Waals surface area contributed by atoms with Gasteiger partial charge in [-0.25, -0.2) is 0 Å². The molecule has 3 heterocycles. The van der Waals surface area contributed by atoms with Crippen molar-refractivity contribution in [3.8, 4) is 0 Å². The Hall–Kier alpha value is -1.24. The lowest BCUT2D eigenvalue weighted by molar-refractivity contribution is -0.143. The van der Waals surface area contributed by atoms with Gasteiger partial charge in [0, 0.05) is 6.54 Å². The molecule has 7 heteroatoms. The highest BCUT2D eigenvalue weighted by Gasteiger charge is 2.40. The van der Waals surface area contributed by atoms with Crippen LogP contribution in [0.1, 0.15) is 35.4 Å². The second kappa shape index (κ2) is 5.15. The number of alkyl halides is 6. The molecule has 0 N–H and O–H groups in total. The van der Waals surface area contributed by atoms with Crippen molar-refractivity contribution < 1.29 is 26.3 Å². The van der Waals surface area contributed by atoms with Gasteiger partial charge in [-0.15, -0.1) is 0 Å². The van der Waals surface area contributed by atoms with Gasteiger partial charge < -0.3 is 4.90 Å². The Bertz CT molecular complexity index is 522. The number of hydrogen-bond acceptors (Lipinski definition) is 1. The van der Waals surface area contributed by atoms with Crippen LogP contribution in [0.3, 0.4) is 0 Å². The summed E-state index contributed by atoms with van der Waals surface area (Å²) in [5.74, 6) is -0.0690. The Kier molecular flexibility index (Phi) is 3.66. The van der Waals surface area contributed by atoms with E-state index >= 15 is 0 Å². The molecule has 1 nitrogen and oxygen atoms in total. The molecule has 1 aromatic rings. The molecule has 3 aliphatic heterocycles. The smallest absolute Gasteiger partial charge is 0.303 e. The average molecular weight is 323 g/mol. The minimum Gasteiger partial charge on any atom is -0.303 e. The molecule has 1 aromatic carbocycles. The first-order chi connectivity index (χ1) is 10.1. The molecule has 0 aromatic heterocycles. The molecule has 3 aliphatic rings. The third-order valence-electron chi connectivity index (χ3n) is 4.69. The molecule has 3 saturated heterocycles. The van der Waals surface area contributed by atoms with E-state index in [2.05, 4.69) is 4.90 Å². The zero-order chi connectivity index (χ0) is 16.1. The highest BCUT2D eigenvalue weighted by Crippen LogP contribution is 2.43. The fourth-order valence-electron chi connectivity index (χ4n) is 3.54. The summed E-state index contributed by atoms with van der Waals surface area (Å²) in [7, 11) is 0. The van der Waals surface area contributed by atoms with E-state index < -0.39 is 23.5 Å². The van der Waals surface area contributed by atoms with Crippen molar-refractivity contribution in [2.75, 3.05) is 19.6 Å². The van der Waals surface area contributed by atoms with E-state index in [1.54, 1.807) is 0 Å². The molecule has 4 rings (SSSR count). The van der Waals surface area contributed by atoms with Crippen LogP contribution in [0.5, 0.6) is 0 Å². The Morgan fingerprint density at radius 1 is 0.818 bits per heavy atom. The van der Waals surface area contributed by atoms with Crippen molar-refractivity contribution in [3.63, 3.8) is 0 Å². The summed E-state index contributed by atoms with van der Waals surface area (Å²) in [5.41, 5.74) is -2.26. The summed E-state index contributed by atoms with van der Waals surface area (Å²) >= 11 is 0. The van der Waals surface area contributed by atoms with Crippen LogP contribution in [-0.4, -0.2) is 24.5 Å². The SMILES string of the molecule is FC(F)(F)c1cc(C2CN3CCC2CC3)cc(C(F)(F)F)c1. The van der Waals surface area contributed by atoms with Crippen molar-refractivity contribution in [2.24, 2.45) is 5.92 Å². The molecule has 0 aliphatic carbocycles. The van der Waals surface area contributed by atoms with Crippen molar-refractivity contribution in [3.05, 3.63) is 34.9 Å². The summed E-state index contributed by atoms with van der Waals surface area (Å²) in [5, 5.41) is 0. The van der Waals surface area contributed by atoms with Gasteiger partial charge in [0.25, 0.3) is 0 Å². The van der Waals surface area contributed by atoms with Crippen LogP contribution in [0.15, 0.2) is 18.2 Å². The van der Waals surface area contributed by atoms with E-state index in [1.165, 1.54) is 0 Å². The molecule has 2 bridgehead atoms. The van der Waals surface area contributed by atoms with Gasteiger partial charge in [0.2, 0.25) is 0 Å². The predicted molar refractivity (Wildman–Crippen MR) is 68.4 cm³/mol. The topological polar surface area (TPSA) is 3.24 Å². The zero-order valence-corrected chi connectivity index (χ0v) is 11.6. The first-order valence-corrected chi connectivity index (χ1v) is 7.16. The van der Waals surface area contributed by atoms with Gasteiger partial charge in [0.15, 0.2) is 0 Å². The van der Waals surface area contributed by atoms with Gasteiger partial charge in [-0.3, -0.25) is 0 Å². The molecule has 0 radical (unpaired) electrons. The molecule has 1 unspecified atom stereocenters. The van der Waals surface area contributed by atoms with Crippen LogP contribution >= 0.6 is 0 Å². The van der Waals surface area contributed by atoms with Gasteiger partial charge >= 0.3 is 12.4 Å². The standard InChI is InChI=1S/C15H15F6N/c16-14(17,18)11-5-10(6-12(7-11)15(19,20)21)13-8-22-3-1-9(13)2-4-22/h5-7,9,13H,1-4,8H2. The summed E-state index contributed by atoms with van der Waals surface area (Å²) in [6.07, 6.45) is -7.88. The van der Waals surface area contributed by atoms with Crippen molar-refractivity contribution in [1.82, 2.24) is 4.90 Å². The van der Waals surface area contributed by atoms with Gasteiger partial charge in [0.1, 0.15) is 0 Å². The minimum absolute atomic E-state index is 0.163. The second-order valence-corrected chi connectivity index (χ2v) is 6.08. The number of rotatable bonds is 1. The van der Waals surface area contributed by atoms with Crippen LogP contribution in [0, 0.1) is 5.92 Å². The van der Waals surface area contributed by atoms with E-state index in [-0.39, 0.29) is 23.5 Å². The maximum Gasteiger partial charge on any atom is 0.416 e. The number of nitrogens with zero attached hydrogens (tertiary/aromatic N) is 1. The van der Waals surface area contributed by atoms with E-state index in [1.807, 2.05) is 0 Å². The maximum absolute atomic E-state index is 12.9. The van der Waals surface area contributed by atoms with Gasteiger partial charge in [-0.1, -0.05) is 0 Å². The fraction of sp³-hybridized carbons (Fsp3) is 0.600. The van der Waals surface area contributed by atoms with E-state index in [0.29, 0.717) is 6.54 Å². The molecule has 0 spiro atoms. The third kappa shape index (κ3) is 2.95.